The molecule has 1 heterocycles. The zero-order valence-electron chi connectivity index (χ0n) is 11.1. The second-order valence-corrected chi connectivity index (χ2v) is 5.50. The van der Waals surface area contributed by atoms with Gasteiger partial charge in [0.05, 0.1) is 22.4 Å². The van der Waals surface area contributed by atoms with E-state index >= 15 is 0 Å². The van der Waals surface area contributed by atoms with E-state index < -0.39 is 0 Å². The molecule has 3 N–H and O–H groups in total. The van der Waals surface area contributed by atoms with E-state index in [0.29, 0.717) is 23.9 Å². The van der Waals surface area contributed by atoms with E-state index in [2.05, 4.69) is 12.2 Å². The van der Waals surface area contributed by atoms with Crippen molar-refractivity contribution in [3.8, 4) is 0 Å². The Morgan fingerprint density at radius 1 is 1.58 bits per heavy atom. The highest BCUT2D eigenvalue weighted by Gasteiger charge is 2.35. The number of nitrogens with one attached hydrogen (secondary N) is 1. The van der Waals surface area contributed by atoms with Crippen LogP contribution in [-0.4, -0.2) is 24.8 Å². The predicted octanol–water partition coefficient (Wildman–Crippen LogP) is 3.18. The Bertz CT molecular complexity index is 443. The normalized spacial score (nSPS) is 27.3. The van der Waals surface area contributed by atoms with Gasteiger partial charge in [0.15, 0.2) is 0 Å². The van der Waals surface area contributed by atoms with Gasteiger partial charge >= 0.3 is 0 Å². The number of nitrogens with two attached hydrogens (primary N) is 1. The summed E-state index contributed by atoms with van der Waals surface area (Å²) in [4.78, 5) is 0. The maximum Gasteiger partial charge on any atom is 0.125 e. The first-order chi connectivity index (χ1) is 9.08. The topological polar surface area (TPSA) is 47.3 Å². The molecule has 1 saturated heterocycles. The molecule has 0 bridgehead atoms. The van der Waals surface area contributed by atoms with E-state index in [0.717, 1.165) is 19.3 Å². The summed E-state index contributed by atoms with van der Waals surface area (Å²) in [6, 6.07) is 4.32. The molecule has 5 heteroatoms. The smallest absolute Gasteiger partial charge is 0.125 e. The largest absolute Gasteiger partial charge is 0.378 e. The molecule has 3 nitrogen and oxygen atoms in total. The Kier molecular flexibility index (Phi) is 4.66. The quantitative estimate of drug-likeness (QED) is 0.894. The molecular weight excluding hydrogens is 267 g/mol. The third kappa shape index (κ3) is 3.38. The van der Waals surface area contributed by atoms with Crippen LogP contribution in [0.5, 0.6) is 0 Å². The molecule has 0 spiro atoms. The fraction of sp³-hybridized carbons (Fsp3) is 0.571. The van der Waals surface area contributed by atoms with Crippen LogP contribution in [0, 0.1) is 5.82 Å². The molecule has 106 valence electrons. The van der Waals surface area contributed by atoms with Crippen molar-refractivity contribution >= 4 is 17.3 Å². The van der Waals surface area contributed by atoms with Crippen molar-refractivity contribution in [2.24, 2.45) is 5.73 Å². The van der Waals surface area contributed by atoms with Gasteiger partial charge in [0.1, 0.15) is 5.82 Å². The first-order valence-electron chi connectivity index (χ1n) is 6.63. The summed E-state index contributed by atoms with van der Waals surface area (Å²) in [5, 5.41) is 3.85. The van der Waals surface area contributed by atoms with Gasteiger partial charge in [-0.3, -0.25) is 0 Å². The van der Waals surface area contributed by atoms with Gasteiger partial charge in [0.25, 0.3) is 0 Å². The van der Waals surface area contributed by atoms with Gasteiger partial charge < -0.3 is 15.8 Å². The summed E-state index contributed by atoms with van der Waals surface area (Å²) in [6.45, 7) is 3.22. The van der Waals surface area contributed by atoms with Gasteiger partial charge in [-0.05, 0) is 37.5 Å². The minimum absolute atomic E-state index is 0.192. The molecule has 1 fully saturated rings. The van der Waals surface area contributed by atoms with Crippen molar-refractivity contribution in [2.75, 3.05) is 18.5 Å². The molecule has 0 amide bonds. The Balaban J connectivity index is 2.20. The second kappa shape index (κ2) is 6.07. The second-order valence-electron chi connectivity index (χ2n) is 5.09. The molecule has 0 saturated carbocycles. The van der Waals surface area contributed by atoms with Gasteiger partial charge in [-0.2, -0.15) is 0 Å². The van der Waals surface area contributed by atoms with Gasteiger partial charge in [0, 0.05) is 13.2 Å². The number of hydrogen-bond donors (Lipinski definition) is 2. The molecular formula is C14H20ClFN2O. The number of hydrogen-bond acceptors (Lipinski definition) is 3. The van der Waals surface area contributed by atoms with E-state index in [1.807, 2.05) is 0 Å². The standard InChI is InChI=1S/C14H20ClFN2O/c1-2-11-8-14(9-17,5-6-19-11)18-13-7-10(16)3-4-12(13)15/h3-4,7,11,18H,2,5-6,8-9,17H2,1H3. The molecule has 2 unspecified atom stereocenters. The fourth-order valence-electron chi connectivity index (χ4n) is 2.51. The number of halogens is 2. The monoisotopic (exact) mass is 286 g/mol. The van der Waals surface area contributed by atoms with Crippen LogP contribution in [0.4, 0.5) is 10.1 Å². The van der Waals surface area contributed by atoms with Crippen molar-refractivity contribution in [2.45, 2.75) is 37.8 Å². The lowest BCUT2D eigenvalue weighted by Gasteiger charge is -2.41. The van der Waals surface area contributed by atoms with Gasteiger partial charge in [-0.15, -0.1) is 0 Å². The van der Waals surface area contributed by atoms with Crippen molar-refractivity contribution < 1.29 is 9.13 Å². The van der Waals surface area contributed by atoms with Crippen LogP contribution in [-0.2, 0) is 4.74 Å². The maximum atomic E-state index is 13.3. The molecule has 0 aromatic heterocycles. The lowest BCUT2D eigenvalue weighted by molar-refractivity contribution is -0.0125. The average Bonchev–Trinajstić information content (AvgIpc) is 2.43. The summed E-state index contributed by atoms with van der Waals surface area (Å²) in [7, 11) is 0. The fourth-order valence-corrected chi connectivity index (χ4v) is 2.67. The molecule has 1 aromatic carbocycles. The maximum absolute atomic E-state index is 13.3. The van der Waals surface area contributed by atoms with E-state index in [9.17, 15) is 4.39 Å². The minimum Gasteiger partial charge on any atom is -0.378 e. The van der Waals surface area contributed by atoms with Crippen LogP contribution in [0.25, 0.3) is 0 Å². The first-order valence-corrected chi connectivity index (χ1v) is 7.01. The Hall–Kier alpha value is -0.840. The van der Waals surface area contributed by atoms with Crippen LogP contribution < -0.4 is 11.1 Å². The van der Waals surface area contributed by atoms with Crippen LogP contribution >= 0.6 is 11.6 Å². The number of ether oxygens (including phenoxy) is 1. The SMILES string of the molecule is CCC1CC(CN)(Nc2cc(F)ccc2Cl)CCO1. The van der Waals surface area contributed by atoms with Crippen molar-refractivity contribution in [1.82, 2.24) is 0 Å². The van der Waals surface area contributed by atoms with Gasteiger partial charge in [-0.25, -0.2) is 4.39 Å². The van der Waals surface area contributed by atoms with Crippen LogP contribution in [0.3, 0.4) is 0 Å². The summed E-state index contributed by atoms with van der Waals surface area (Å²) < 4.78 is 19.0. The van der Waals surface area contributed by atoms with Crippen molar-refractivity contribution in [3.05, 3.63) is 29.0 Å². The summed E-state index contributed by atoms with van der Waals surface area (Å²) in [6.07, 6.45) is 2.75. The highest BCUT2D eigenvalue weighted by molar-refractivity contribution is 6.33. The molecule has 1 aliphatic rings. The third-order valence-electron chi connectivity index (χ3n) is 3.73. The molecule has 1 aromatic rings. The Morgan fingerprint density at radius 2 is 2.37 bits per heavy atom. The van der Waals surface area contributed by atoms with Gasteiger partial charge in [-0.1, -0.05) is 18.5 Å². The van der Waals surface area contributed by atoms with E-state index in [1.165, 1.54) is 12.1 Å². The summed E-state index contributed by atoms with van der Waals surface area (Å²) in [5.74, 6) is -0.307. The number of benzene rings is 1. The van der Waals surface area contributed by atoms with Crippen LogP contribution in [0.15, 0.2) is 18.2 Å². The number of anilines is 1. The summed E-state index contributed by atoms with van der Waals surface area (Å²) >= 11 is 6.10. The highest BCUT2D eigenvalue weighted by Crippen LogP contribution is 2.32. The third-order valence-corrected chi connectivity index (χ3v) is 4.06. The van der Waals surface area contributed by atoms with Crippen molar-refractivity contribution in [3.63, 3.8) is 0 Å². The zero-order chi connectivity index (χ0) is 13.9. The van der Waals surface area contributed by atoms with Crippen molar-refractivity contribution in [1.29, 1.82) is 0 Å². The molecule has 0 aliphatic carbocycles. The summed E-state index contributed by atoms with van der Waals surface area (Å²) in [5.41, 5.74) is 6.27. The van der Waals surface area contributed by atoms with Gasteiger partial charge in [0.2, 0.25) is 0 Å². The van der Waals surface area contributed by atoms with Crippen LogP contribution in [0.1, 0.15) is 26.2 Å². The molecule has 19 heavy (non-hydrogen) atoms. The lowest BCUT2D eigenvalue weighted by atomic mass is 9.85. The Labute approximate surface area is 118 Å². The van der Waals surface area contributed by atoms with Crippen LogP contribution in [0.2, 0.25) is 5.02 Å². The molecule has 1 aliphatic heterocycles. The highest BCUT2D eigenvalue weighted by atomic mass is 35.5. The molecule has 2 atom stereocenters. The Morgan fingerprint density at radius 3 is 3.05 bits per heavy atom. The zero-order valence-corrected chi connectivity index (χ0v) is 11.8. The predicted molar refractivity (Wildman–Crippen MR) is 76.1 cm³/mol. The number of rotatable bonds is 4. The molecule has 2 rings (SSSR count). The van der Waals surface area contributed by atoms with E-state index in [-0.39, 0.29) is 17.5 Å². The lowest BCUT2D eigenvalue weighted by Crippen LogP contribution is -2.52. The minimum atomic E-state index is -0.307. The molecule has 0 radical (unpaired) electrons. The average molecular weight is 287 g/mol. The van der Waals surface area contributed by atoms with E-state index in [4.69, 9.17) is 22.1 Å². The van der Waals surface area contributed by atoms with E-state index in [1.54, 1.807) is 6.07 Å². The first kappa shape index (κ1) is 14.6.